The van der Waals surface area contributed by atoms with Crippen LogP contribution in [0.15, 0.2) is 0 Å². The van der Waals surface area contributed by atoms with Crippen molar-refractivity contribution in [1.29, 1.82) is 0 Å². The molecule has 2 atom stereocenters. The number of rotatable bonds is 3. The van der Waals surface area contributed by atoms with Gasteiger partial charge in [-0.25, -0.2) is 4.39 Å². The molecular formula is C8H16FNO. The van der Waals surface area contributed by atoms with Crippen LogP contribution >= 0.6 is 0 Å². The van der Waals surface area contributed by atoms with Gasteiger partial charge >= 0.3 is 0 Å². The largest absolute Gasteiger partial charge is 0.378 e. The van der Waals surface area contributed by atoms with Crippen molar-refractivity contribution >= 4 is 0 Å². The minimum Gasteiger partial charge on any atom is -0.378 e. The molecule has 0 bridgehead atoms. The van der Waals surface area contributed by atoms with Gasteiger partial charge < -0.3 is 10.5 Å². The van der Waals surface area contributed by atoms with E-state index >= 15 is 0 Å². The third-order valence-corrected chi connectivity index (χ3v) is 2.05. The number of hydrogen-bond donors (Lipinski definition) is 1. The zero-order valence-electron chi connectivity index (χ0n) is 6.76. The second-order valence-corrected chi connectivity index (χ2v) is 3.06. The predicted molar refractivity (Wildman–Crippen MR) is 42.2 cm³/mol. The highest BCUT2D eigenvalue weighted by molar-refractivity contribution is 4.68. The number of alkyl halides is 1. The van der Waals surface area contributed by atoms with Gasteiger partial charge in [0.05, 0.1) is 6.10 Å². The van der Waals surface area contributed by atoms with E-state index < -0.39 is 6.17 Å². The maximum atomic E-state index is 12.7. The molecule has 0 aromatic rings. The van der Waals surface area contributed by atoms with Crippen molar-refractivity contribution < 1.29 is 9.13 Å². The van der Waals surface area contributed by atoms with Crippen LogP contribution in [0.2, 0.25) is 0 Å². The fourth-order valence-electron chi connectivity index (χ4n) is 1.37. The first-order valence-corrected chi connectivity index (χ1v) is 4.28. The van der Waals surface area contributed by atoms with Gasteiger partial charge in [-0.05, 0) is 19.3 Å². The monoisotopic (exact) mass is 161 g/mol. The lowest BCUT2D eigenvalue weighted by Crippen LogP contribution is -2.26. The van der Waals surface area contributed by atoms with E-state index in [1.807, 2.05) is 0 Å². The SMILES string of the molecule is NC[C@@H](F)C[C@@H]1CCCCO1. The van der Waals surface area contributed by atoms with Gasteiger partial charge in [0.15, 0.2) is 0 Å². The highest BCUT2D eigenvalue weighted by Gasteiger charge is 2.17. The van der Waals surface area contributed by atoms with Gasteiger partial charge in [0.25, 0.3) is 0 Å². The van der Waals surface area contributed by atoms with Crippen molar-refractivity contribution in [2.45, 2.75) is 38.0 Å². The van der Waals surface area contributed by atoms with Gasteiger partial charge in [-0.3, -0.25) is 0 Å². The molecule has 0 saturated carbocycles. The van der Waals surface area contributed by atoms with E-state index in [2.05, 4.69) is 0 Å². The number of hydrogen-bond acceptors (Lipinski definition) is 2. The number of nitrogens with two attached hydrogens (primary N) is 1. The third kappa shape index (κ3) is 3.16. The Balaban J connectivity index is 2.13. The van der Waals surface area contributed by atoms with Gasteiger partial charge in [-0.15, -0.1) is 0 Å². The van der Waals surface area contributed by atoms with Crippen LogP contribution < -0.4 is 5.73 Å². The molecule has 0 aliphatic carbocycles. The molecule has 2 N–H and O–H groups in total. The van der Waals surface area contributed by atoms with E-state index in [-0.39, 0.29) is 12.6 Å². The van der Waals surface area contributed by atoms with E-state index in [0.717, 1.165) is 19.4 Å². The summed E-state index contributed by atoms with van der Waals surface area (Å²) in [7, 11) is 0. The van der Waals surface area contributed by atoms with E-state index in [1.165, 1.54) is 6.42 Å². The van der Waals surface area contributed by atoms with Crippen molar-refractivity contribution in [3.63, 3.8) is 0 Å². The quantitative estimate of drug-likeness (QED) is 0.676. The molecule has 1 saturated heterocycles. The molecule has 1 aliphatic rings. The lowest BCUT2D eigenvalue weighted by molar-refractivity contribution is -0.00144. The van der Waals surface area contributed by atoms with Crippen LogP contribution in [0.1, 0.15) is 25.7 Å². The summed E-state index contributed by atoms with van der Waals surface area (Å²) in [6.45, 7) is 0.918. The van der Waals surface area contributed by atoms with Gasteiger partial charge in [0.1, 0.15) is 6.17 Å². The van der Waals surface area contributed by atoms with E-state index in [0.29, 0.717) is 6.42 Å². The molecule has 11 heavy (non-hydrogen) atoms. The highest BCUT2D eigenvalue weighted by atomic mass is 19.1. The van der Waals surface area contributed by atoms with Crippen molar-refractivity contribution in [2.75, 3.05) is 13.2 Å². The summed E-state index contributed by atoms with van der Waals surface area (Å²) < 4.78 is 18.1. The zero-order chi connectivity index (χ0) is 8.10. The molecule has 66 valence electrons. The molecule has 1 heterocycles. The van der Waals surface area contributed by atoms with Crippen LogP contribution in [0.25, 0.3) is 0 Å². The standard InChI is InChI=1S/C8H16FNO/c9-7(6-10)5-8-3-1-2-4-11-8/h7-8H,1-6,10H2/t7-,8-/m0/s1. The summed E-state index contributed by atoms with van der Waals surface area (Å²) in [5.41, 5.74) is 5.16. The third-order valence-electron chi connectivity index (χ3n) is 2.05. The first-order chi connectivity index (χ1) is 5.33. The fourth-order valence-corrected chi connectivity index (χ4v) is 1.37. The molecule has 0 amide bonds. The van der Waals surface area contributed by atoms with Crippen molar-refractivity contribution in [3.8, 4) is 0 Å². The van der Waals surface area contributed by atoms with Crippen LogP contribution in [-0.2, 0) is 4.74 Å². The molecule has 3 heteroatoms. The topological polar surface area (TPSA) is 35.2 Å². The maximum Gasteiger partial charge on any atom is 0.115 e. The molecule has 1 aliphatic heterocycles. The molecule has 0 radical (unpaired) electrons. The number of halogens is 1. The first-order valence-electron chi connectivity index (χ1n) is 4.28. The molecule has 1 rings (SSSR count). The van der Waals surface area contributed by atoms with E-state index in [4.69, 9.17) is 10.5 Å². The second kappa shape index (κ2) is 4.67. The summed E-state index contributed by atoms with van der Waals surface area (Å²) >= 11 is 0. The maximum absolute atomic E-state index is 12.7. The lowest BCUT2D eigenvalue weighted by Gasteiger charge is -2.23. The van der Waals surface area contributed by atoms with Gasteiger partial charge in [0.2, 0.25) is 0 Å². The van der Waals surface area contributed by atoms with Crippen molar-refractivity contribution in [2.24, 2.45) is 5.73 Å². The van der Waals surface area contributed by atoms with Crippen LogP contribution in [-0.4, -0.2) is 25.4 Å². The molecule has 0 aromatic heterocycles. The molecule has 0 unspecified atom stereocenters. The average molecular weight is 161 g/mol. The van der Waals surface area contributed by atoms with Crippen LogP contribution in [0, 0.1) is 0 Å². The van der Waals surface area contributed by atoms with Crippen LogP contribution in [0.5, 0.6) is 0 Å². The summed E-state index contributed by atoms with van der Waals surface area (Å²) in [6, 6.07) is 0. The summed E-state index contributed by atoms with van der Waals surface area (Å²) in [5.74, 6) is 0. The van der Waals surface area contributed by atoms with Gasteiger partial charge in [-0.1, -0.05) is 0 Å². The summed E-state index contributed by atoms with van der Waals surface area (Å²) in [6.07, 6.45) is 3.02. The Morgan fingerprint density at radius 1 is 1.55 bits per heavy atom. The molecule has 0 aromatic carbocycles. The Labute approximate surface area is 66.9 Å². The molecular weight excluding hydrogens is 145 g/mol. The minimum absolute atomic E-state index is 0.125. The normalized spacial score (nSPS) is 28.4. The lowest BCUT2D eigenvalue weighted by atomic mass is 10.0. The molecule has 0 spiro atoms. The summed E-state index contributed by atoms with van der Waals surface area (Å²) in [5, 5.41) is 0. The molecule has 1 fully saturated rings. The summed E-state index contributed by atoms with van der Waals surface area (Å²) in [4.78, 5) is 0. The minimum atomic E-state index is -0.877. The van der Waals surface area contributed by atoms with Crippen LogP contribution in [0.4, 0.5) is 4.39 Å². The van der Waals surface area contributed by atoms with Gasteiger partial charge in [0, 0.05) is 19.6 Å². The predicted octanol–water partition coefficient (Wildman–Crippen LogP) is 1.24. The fraction of sp³-hybridized carbons (Fsp3) is 1.00. The Morgan fingerprint density at radius 2 is 2.36 bits per heavy atom. The zero-order valence-corrected chi connectivity index (χ0v) is 6.76. The van der Waals surface area contributed by atoms with E-state index in [1.54, 1.807) is 0 Å². The van der Waals surface area contributed by atoms with E-state index in [9.17, 15) is 4.39 Å². The van der Waals surface area contributed by atoms with Crippen molar-refractivity contribution in [3.05, 3.63) is 0 Å². The first kappa shape index (κ1) is 8.94. The Bertz CT molecular complexity index is 104. The average Bonchev–Trinajstić information content (AvgIpc) is 2.06. The number of ether oxygens (including phenoxy) is 1. The Hall–Kier alpha value is -0.150. The Morgan fingerprint density at radius 3 is 2.91 bits per heavy atom. The van der Waals surface area contributed by atoms with Crippen LogP contribution in [0.3, 0.4) is 0 Å². The van der Waals surface area contributed by atoms with Gasteiger partial charge in [-0.2, -0.15) is 0 Å². The van der Waals surface area contributed by atoms with Crippen molar-refractivity contribution in [1.82, 2.24) is 0 Å². The highest BCUT2D eigenvalue weighted by Crippen LogP contribution is 2.17. The smallest absolute Gasteiger partial charge is 0.115 e. The second-order valence-electron chi connectivity index (χ2n) is 3.06. The molecule has 2 nitrogen and oxygen atoms in total. The Kier molecular flexibility index (Phi) is 3.80.